The molecule has 2 aromatic carbocycles. The molecule has 0 aliphatic carbocycles. The van der Waals surface area contributed by atoms with Gasteiger partial charge in [-0.2, -0.15) is 0 Å². The van der Waals surface area contributed by atoms with Gasteiger partial charge >= 0.3 is 11.6 Å². The van der Waals surface area contributed by atoms with Crippen molar-refractivity contribution in [3.05, 3.63) is 70.8 Å². The van der Waals surface area contributed by atoms with Crippen LogP contribution >= 0.6 is 0 Å². The SMILES string of the molecule is COc1cc(CCC(=O)Oc2ccc3oc(=O)cc(-c4cc5cccc(OC)c5o4)c3c2)on1. The molecule has 0 aliphatic heterocycles. The highest BCUT2D eigenvalue weighted by Gasteiger charge is 2.16. The number of fused-ring (bicyclic) bond motifs is 2. The summed E-state index contributed by atoms with van der Waals surface area (Å²) in [6, 6.07) is 15.1. The lowest BCUT2D eigenvalue weighted by Gasteiger charge is -2.07. The van der Waals surface area contributed by atoms with Crippen molar-refractivity contribution in [2.45, 2.75) is 12.8 Å². The number of aromatic nitrogens is 1. The molecule has 0 radical (unpaired) electrons. The molecule has 0 spiro atoms. The third kappa shape index (κ3) is 4.11. The molecule has 0 unspecified atom stereocenters. The molecule has 5 aromatic rings. The van der Waals surface area contributed by atoms with Gasteiger partial charge in [-0.3, -0.25) is 4.79 Å². The van der Waals surface area contributed by atoms with E-state index in [-0.39, 0.29) is 6.42 Å². The number of methoxy groups -OCH3 is 2. The minimum absolute atomic E-state index is 0.0798. The molecule has 5 rings (SSSR count). The topological polar surface area (TPSA) is 114 Å². The Morgan fingerprint density at radius 2 is 1.88 bits per heavy atom. The molecule has 0 bridgehead atoms. The van der Waals surface area contributed by atoms with Gasteiger partial charge in [0.2, 0.25) is 0 Å². The van der Waals surface area contributed by atoms with Crippen LogP contribution in [0.3, 0.4) is 0 Å². The van der Waals surface area contributed by atoms with Gasteiger partial charge in [0.25, 0.3) is 5.88 Å². The number of benzene rings is 2. The van der Waals surface area contributed by atoms with Gasteiger partial charge in [-0.05, 0) is 35.5 Å². The molecule has 3 heterocycles. The Kier molecular flexibility index (Phi) is 5.51. The van der Waals surface area contributed by atoms with Gasteiger partial charge in [0.1, 0.15) is 22.9 Å². The van der Waals surface area contributed by atoms with E-state index in [4.69, 9.17) is 27.6 Å². The summed E-state index contributed by atoms with van der Waals surface area (Å²) in [5.74, 6) is 1.74. The van der Waals surface area contributed by atoms with Gasteiger partial charge in [0.15, 0.2) is 11.3 Å². The highest BCUT2D eigenvalue weighted by molar-refractivity contribution is 5.96. The molecule has 0 saturated heterocycles. The van der Waals surface area contributed by atoms with Crippen molar-refractivity contribution in [2.75, 3.05) is 14.2 Å². The van der Waals surface area contributed by atoms with E-state index in [1.54, 1.807) is 37.4 Å². The van der Waals surface area contributed by atoms with Crippen molar-refractivity contribution >= 4 is 27.9 Å². The highest BCUT2D eigenvalue weighted by atomic mass is 16.5. The van der Waals surface area contributed by atoms with Crippen LogP contribution in [0.15, 0.2) is 72.7 Å². The molecular weight excluding hydrogens is 442 g/mol. The summed E-state index contributed by atoms with van der Waals surface area (Å²) in [5.41, 5.74) is 0.884. The molecule has 3 aromatic heterocycles. The molecule has 0 fully saturated rings. The van der Waals surface area contributed by atoms with E-state index >= 15 is 0 Å². The molecular formula is C25H19NO8. The van der Waals surface area contributed by atoms with Crippen molar-refractivity contribution in [3.8, 4) is 28.7 Å². The standard InChI is InChI=1S/C25H19NO8/c1-29-20-5-3-4-14-10-21(33-25(14)20)18-13-24(28)32-19-8-6-15(11-17(18)19)31-23(27)9-7-16-12-22(30-2)26-34-16/h3-6,8,10-13H,7,9H2,1-2H3. The number of ether oxygens (including phenoxy) is 3. The first-order valence-electron chi connectivity index (χ1n) is 10.4. The summed E-state index contributed by atoms with van der Waals surface area (Å²) < 4.78 is 32.2. The molecule has 0 saturated carbocycles. The maximum Gasteiger partial charge on any atom is 0.336 e. The molecule has 0 N–H and O–H groups in total. The minimum atomic E-state index is -0.526. The molecule has 34 heavy (non-hydrogen) atoms. The Labute approximate surface area is 192 Å². The van der Waals surface area contributed by atoms with Gasteiger partial charge in [0, 0.05) is 34.9 Å². The summed E-state index contributed by atoms with van der Waals surface area (Å²) in [6.07, 6.45) is 0.389. The van der Waals surface area contributed by atoms with Gasteiger partial charge in [0.05, 0.1) is 20.6 Å². The zero-order chi connectivity index (χ0) is 23.7. The van der Waals surface area contributed by atoms with Crippen LogP contribution in [0.5, 0.6) is 17.4 Å². The number of para-hydroxylation sites is 1. The normalized spacial score (nSPS) is 11.1. The van der Waals surface area contributed by atoms with Crippen LogP contribution in [-0.2, 0) is 11.2 Å². The Morgan fingerprint density at radius 1 is 1.00 bits per heavy atom. The molecule has 172 valence electrons. The Balaban J connectivity index is 1.44. The minimum Gasteiger partial charge on any atom is -0.493 e. The fraction of sp³-hybridized carbons (Fsp3) is 0.160. The Morgan fingerprint density at radius 3 is 2.68 bits per heavy atom. The van der Waals surface area contributed by atoms with Crippen LogP contribution in [0.1, 0.15) is 12.2 Å². The van der Waals surface area contributed by atoms with Gasteiger partial charge < -0.3 is 27.6 Å². The Bertz CT molecular complexity index is 1560. The lowest BCUT2D eigenvalue weighted by atomic mass is 10.1. The average Bonchev–Trinajstić information content (AvgIpc) is 3.49. The van der Waals surface area contributed by atoms with Crippen LogP contribution in [0.4, 0.5) is 0 Å². The molecule has 0 atom stereocenters. The summed E-state index contributed by atoms with van der Waals surface area (Å²) >= 11 is 0. The quantitative estimate of drug-likeness (QED) is 0.192. The van der Waals surface area contributed by atoms with E-state index in [1.165, 1.54) is 13.2 Å². The lowest BCUT2D eigenvalue weighted by Crippen LogP contribution is -2.09. The van der Waals surface area contributed by atoms with Gasteiger partial charge in [-0.15, -0.1) is 0 Å². The molecule has 9 nitrogen and oxygen atoms in total. The van der Waals surface area contributed by atoms with Crippen LogP contribution in [0.2, 0.25) is 0 Å². The van der Waals surface area contributed by atoms with Crippen LogP contribution < -0.4 is 19.8 Å². The fourth-order valence-corrected chi connectivity index (χ4v) is 3.65. The second-order valence-electron chi connectivity index (χ2n) is 7.44. The first-order valence-corrected chi connectivity index (χ1v) is 10.4. The number of hydrogen-bond acceptors (Lipinski definition) is 9. The first kappa shape index (κ1) is 21.3. The number of furan rings is 1. The van der Waals surface area contributed by atoms with Crippen molar-refractivity contribution in [1.29, 1.82) is 0 Å². The van der Waals surface area contributed by atoms with E-state index in [2.05, 4.69) is 5.16 Å². The summed E-state index contributed by atoms with van der Waals surface area (Å²) in [5, 5.41) is 5.08. The maximum atomic E-state index is 12.4. The number of aryl methyl sites for hydroxylation is 1. The zero-order valence-electron chi connectivity index (χ0n) is 18.3. The number of esters is 1. The van der Waals surface area contributed by atoms with Crippen molar-refractivity contribution in [1.82, 2.24) is 5.16 Å². The zero-order valence-corrected chi connectivity index (χ0v) is 18.3. The van der Waals surface area contributed by atoms with Crippen LogP contribution in [0, 0.1) is 0 Å². The first-order chi connectivity index (χ1) is 16.5. The fourth-order valence-electron chi connectivity index (χ4n) is 3.65. The highest BCUT2D eigenvalue weighted by Crippen LogP contribution is 2.36. The number of hydrogen-bond donors (Lipinski definition) is 0. The molecule has 0 amide bonds. The van der Waals surface area contributed by atoms with Gasteiger partial charge in [-0.25, -0.2) is 4.79 Å². The average molecular weight is 461 g/mol. The number of rotatable bonds is 7. The lowest BCUT2D eigenvalue weighted by molar-refractivity contribution is -0.134. The predicted octanol–water partition coefficient (Wildman–Crippen LogP) is 4.75. The summed E-state index contributed by atoms with van der Waals surface area (Å²) in [6.45, 7) is 0. The van der Waals surface area contributed by atoms with E-state index < -0.39 is 11.6 Å². The smallest absolute Gasteiger partial charge is 0.336 e. The van der Waals surface area contributed by atoms with Gasteiger partial charge in [-0.1, -0.05) is 12.1 Å². The third-order valence-electron chi connectivity index (χ3n) is 5.26. The predicted molar refractivity (Wildman–Crippen MR) is 121 cm³/mol. The van der Waals surface area contributed by atoms with E-state index in [0.717, 1.165) is 5.39 Å². The second kappa shape index (κ2) is 8.78. The monoisotopic (exact) mass is 461 g/mol. The Hall–Kier alpha value is -4.53. The third-order valence-corrected chi connectivity index (χ3v) is 5.26. The second-order valence-corrected chi connectivity index (χ2v) is 7.44. The molecule has 0 aliphatic rings. The van der Waals surface area contributed by atoms with E-state index in [9.17, 15) is 9.59 Å². The van der Waals surface area contributed by atoms with E-state index in [0.29, 0.717) is 57.4 Å². The summed E-state index contributed by atoms with van der Waals surface area (Å²) in [7, 11) is 3.04. The van der Waals surface area contributed by atoms with Crippen LogP contribution in [-0.4, -0.2) is 25.3 Å². The molecule has 9 heteroatoms. The largest absolute Gasteiger partial charge is 0.493 e. The number of nitrogens with zero attached hydrogens (tertiary/aromatic N) is 1. The van der Waals surface area contributed by atoms with Crippen LogP contribution in [0.25, 0.3) is 33.3 Å². The summed E-state index contributed by atoms with van der Waals surface area (Å²) in [4.78, 5) is 24.6. The van der Waals surface area contributed by atoms with E-state index in [1.807, 2.05) is 18.2 Å². The van der Waals surface area contributed by atoms with Crippen molar-refractivity contribution in [2.24, 2.45) is 0 Å². The number of carbonyl (C=O) groups excluding carboxylic acids is 1. The van der Waals surface area contributed by atoms with Crippen molar-refractivity contribution in [3.63, 3.8) is 0 Å². The number of carbonyl (C=O) groups is 1. The van der Waals surface area contributed by atoms with Crippen molar-refractivity contribution < 1.29 is 32.4 Å². The maximum absolute atomic E-state index is 12.4.